The minimum absolute atomic E-state index is 0.531. The van der Waals surface area contributed by atoms with E-state index in [4.69, 9.17) is 0 Å². The molecule has 0 amide bonds. The van der Waals surface area contributed by atoms with Crippen LogP contribution < -0.4 is 5.32 Å². The third kappa shape index (κ3) is 4.79. The topological polar surface area (TPSA) is 29.9 Å². The molecule has 1 aromatic rings. The van der Waals surface area contributed by atoms with E-state index in [0.717, 1.165) is 13.1 Å². The van der Waals surface area contributed by atoms with Crippen LogP contribution in [0.15, 0.2) is 12.5 Å². The van der Waals surface area contributed by atoms with Gasteiger partial charge in [-0.05, 0) is 6.42 Å². The molecule has 0 spiro atoms. The molecule has 0 saturated heterocycles. The molecule has 0 aromatic carbocycles. The maximum atomic E-state index is 4.22. The average molecular weight is 223 g/mol. The highest BCUT2D eigenvalue weighted by Crippen LogP contribution is 2.05. The van der Waals surface area contributed by atoms with E-state index in [1.54, 1.807) is 0 Å². The van der Waals surface area contributed by atoms with Gasteiger partial charge >= 0.3 is 0 Å². The van der Waals surface area contributed by atoms with Gasteiger partial charge in [0.25, 0.3) is 0 Å². The first kappa shape index (κ1) is 13.2. The monoisotopic (exact) mass is 223 g/mol. The first-order chi connectivity index (χ1) is 7.74. The fourth-order valence-electron chi connectivity index (χ4n) is 1.71. The third-order valence-electron chi connectivity index (χ3n) is 2.74. The minimum atomic E-state index is 0.531. The van der Waals surface area contributed by atoms with Gasteiger partial charge in [0.15, 0.2) is 0 Å². The molecule has 0 radical (unpaired) electrons. The molecule has 1 rings (SSSR count). The third-order valence-corrected chi connectivity index (χ3v) is 2.74. The molecule has 3 nitrogen and oxygen atoms in total. The van der Waals surface area contributed by atoms with E-state index in [0.29, 0.717) is 6.04 Å². The lowest BCUT2D eigenvalue weighted by molar-refractivity contribution is 0.531. The molecule has 0 aliphatic carbocycles. The standard InChI is InChI=1S/C13H25N3/c1-4-5-6-7-8-16-11-14-9-13(16)10-15-12(2)3/h9,11-12,15H,4-8,10H2,1-3H3. The molecule has 3 heteroatoms. The number of hydrogen-bond acceptors (Lipinski definition) is 2. The van der Waals surface area contributed by atoms with E-state index < -0.39 is 0 Å². The van der Waals surface area contributed by atoms with Crippen molar-refractivity contribution in [3.05, 3.63) is 18.2 Å². The van der Waals surface area contributed by atoms with Gasteiger partial charge in [-0.2, -0.15) is 0 Å². The Hall–Kier alpha value is -0.830. The quantitative estimate of drug-likeness (QED) is 0.687. The van der Waals surface area contributed by atoms with Crippen molar-refractivity contribution in [2.45, 2.75) is 65.6 Å². The van der Waals surface area contributed by atoms with Gasteiger partial charge in [0, 0.05) is 25.3 Å². The fraction of sp³-hybridized carbons (Fsp3) is 0.769. The van der Waals surface area contributed by atoms with Crippen LogP contribution in [0.1, 0.15) is 52.1 Å². The number of nitrogens with one attached hydrogen (secondary N) is 1. The fourth-order valence-corrected chi connectivity index (χ4v) is 1.71. The molecule has 0 bridgehead atoms. The lowest BCUT2D eigenvalue weighted by Gasteiger charge is -2.10. The highest BCUT2D eigenvalue weighted by Gasteiger charge is 2.02. The van der Waals surface area contributed by atoms with E-state index in [-0.39, 0.29) is 0 Å². The molecule has 1 N–H and O–H groups in total. The SMILES string of the molecule is CCCCCCn1cncc1CNC(C)C. The van der Waals surface area contributed by atoms with Crippen LogP contribution in [0.4, 0.5) is 0 Å². The number of imidazole rings is 1. The first-order valence-electron chi connectivity index (χ1n) is 6.46. The molecule has 0 aliphatic heterocycles. The highest BCUT2D eigenvalue weighted by atomic mass is 15.1. The predicted octanol–water partition coefficient (Wildman–Crippen LogP) is 2.96. The van der Waals surface area contributed by atoms with Gasteiger partial charge in [-0.15, -0.1) is 0 Å². The van der Waals surface area contributed by atoms with E-state index >= 15 is 0 Å². The molecular formula is C13H25N3. The Morgan fingerprint density at radius 2 is 2.12 bits per heavy atom. The summed E-state index contributed by atoms with van der Waals surface area (Å²) >= 11 is 0. The van der Waals surface area contributed by atoms with Crippen molar-refractivity contribution in [1.82, 2.24) is 14.9 Å². The van der Waals surface area contributed by atoms with E-state index in [2.05, 4.69) is 35.6 Å². The maximum Gasteiger partial charge on any atom is 0.0948 e. The Balaban J connectivity index is 2.32. The summed E-state index contributed by atoms with van der Waals surface area (Å²) in [6, 6.07) is 0.531. The molecule has 0 atom stereocenters. The zero-order valence-corrected chi connectivity index (χ0v) is 10.9. The summed E-state index contributed by atoms with van der Waals surface area (Å²) in [7, 11) is 0. The van der Waals surface area contributed by atoms with Gasteiger partial charge in [-0.3, -0.25) is 0 Å². The second kappa shape index (κ2) is 7.44. The number of hydrogen-bond donors (Lipinski definition) is 1. The summed E-state index contributed by atoms with van der Waals surface area (Å²) in [6.45, 7) is 8.61. The summed E-state index contributed by atoms with van der Waals surface area (Å²) < 4.78 is 2.27. The molecule has 0 saturated carbocycles. The van der Waals surface area contributed by atoms with Crippen molar-refractivity contribution in [3.8, 4) is 0 Å². The second-order valence-electron chi connectivity index (χ2n) is 4.67. The molecular weight excluding hydrogens is 198 g/mol. The van der Waals surface area contributed by atoms with E-state index in [1.165, 1.54) is 31.4 Å². The number of aryl methyl sites for hydroxylation is 1. The second-order valence-corrected chi connectivity index (χ2v) is 4.67. The Labute approximate surface area is 99.3 Å². The van der Waals surface area contributed by atoms with Crippen LogP contribution in [-0.4, -0.2) is 15.6 Å². The van der Waals surface area contributed by atoms with Crippen LogP contribution in [0.5, 0.6) is 0 Å². The van der Waals surface area contributed by atoms with Crippen molar-refractivity contribution < 1.29 is 0 Å². The zero-order valence-electron chi connectivity index (χ0n) is 10.9. The summed E-state index contributed by atoms with van der Waals surface area (Å²) in [6.07, 6.45) is 9.14. The van der Waals surface area contributed by atoms with Gasteiger partial charge < -0.3 is 9.88 Å². The summed E-state index contributed by atoms with van der Waals surface area (Å²) in [5.74, 6) is 0. The van der Waals surface area contributed by atoms with E-state index in [1.807, 2.05) is 12.5 Å². The lowest BCUT2D eigenvalue weighted by atomic mass is 10.2. The molecule has 1 heterocycles. The van der Waals surface area contributed by atoms with Crippen LogP contribution >= 0.6 is 0 Å². The molecule has 0 fully saturated rings. The normalized spacial score (nSPS) is 11.2. The molecule has 0 aliphatic rings. The number of aromatic nitrogens is 2. The Morgan fingerprint density at radius 1 is 1.31 bits per heavy atom. The number of unbranched alkanes of at least 4 members (excludes halogenated alkanes) is 3. The number of nitrogens with zero attached hydrogens (tertiary/aromatic N) is 2. The summed E-state index contributed by atoms with van der Waals surface area (Å²) in [5.41, 5.74) is 1.30. The maximum absolute atomic E-state index is 4.22. The van der Waals surface area contributed by atoms with Gasteiger partial charge in [0.05, 0.1) is 12.0 Å². The average Bonchev–Trinajstić information content (AvgIpc) is 2.69. The largest absolute Gasteiger partial charge is 0.333 e. The van der Waals surface area contributed by atoms with Crippen molar-refractivity contribution in [3.63, 3.8) is 0 Å². The Morgan fingerprint density at radius 3 is 2.81 bits per heavy atom. The van der Waals surface area contributed by atoms with Crippen molar-refractivity contribution in [2.24, 2.45) is 0 Å². The smallest absolute Gasteiger partial charge is 0.0948 e. The van der Waals surface area contributed by atoms with Crippen LogP contribution in [-0.2, 0) is 13.1 Å². The van der Waals surface area contributed by atoms with Gasteiger partial charge in [-0.1, -0.05) is 40.0 Å². The Bertz CT molecular complexity index is 278. The van der Waals surface area contributed by atoms with Crippen LogP contribution in [0, 0.1) is 0 Å². The molecule has 1 aromatic heterocycles. The first-order valence-corrected chi connectivity index (χ1v) is 6.46. The summed E-state index contributed by atoms with van der Waals surface area (Å²) in [5, 5.41) is 3.43. The van der Waals surface area contributed by atoms with Crippen molar-refractivity contribution in [2.75, 3.05) is 0 Å². The molecule has 16 heavy (non-hydrogen) atoms. The highest BCUT2D eigenvalue weighted by molar-refractivity contribution is 4.98. The molecule has 92 valence electrons. The van der Waals surface area contributed by atoms with Gasteiger partial charge in [0.1, 0.15) is 0 Å². The zero-order chi connectivity index (χ0) is 11.8. The Kier molecular flexibility index (Phi) is 6.16. The van der Waals surface area contributed by atoms with Crippen LogP contribution in [0.25, 0.3) is 0 Å². The van der Waals surface area contributed by atoms with E-state index in [9.17, 15) is 0 Å². The minimum Gasteiger partial charge on any atom is -0.333 e. The summed E-state index contributed by atoms with van der Waals surface area (Å²) in [4.78, 5) is 4.22. The van der Waals surface area contributed by atoms with Crippen LogP contribution in [0.3, 0.4) is 0 Å². The lowest BCUT2D eigenvalue weighted by Crippen LogP contribution is -2.23. The van der Waals surface area contributed by atoms with Crippen molar-refractivity contribution >= 4 is 0 Å². The van der Waals surface area contributed by atoms with Gasteiger partial charge in [0.2, 0.25) is 0 Å². The van der Waals surface area contributed by atoms with Crippen LogP contribution in [0.2, 0.25) is 0 Å². The van der Waals surface area contributed by atoms with Crippen molar-refractivity contribution in [1.29, 1.82) is 0 Å². The van der Waals surface area contributed by atoms with Gasteiger partial charge in [-0.25, -0.2) is 4.98 Å². The molecule has 0 unspecified atom stereocenters. The predicted molar refractivity (Wildman–Crippen MR) is 68.3 cm³/mol. The number of rotatable bonds is 8.